The van der Waals surface area contributed by atoms with E-state index in [1.165, 1.54) is 89.4 Å². The fraction of sp³-hybridized carbons (Fsp3) is 0.364. The third kappa shape index (κ3) is 24.1. The van der Waals surface area contributed by atoms with Gasteiger partial charge >= 0.3 is 13.3 Å². The second kappa shape index (κ2) is 32.9. The lowest BCUT2D eigenvalue weighted by Gasteiger charge is -2.32. The Hall–Kier alpha value is -3.66. The summed E-state index contributed by atoms with van der Waals surface area (Å²) in [5.74, 6) is -2.87. The zero-order valence-corrected chi connectivity index (χ0v) is 43.1. The molecule has 0 saturated carbocycles. The summed E-state index contributed by atoms with van der Waals surface area (Å²) in [6.07, 6.45) is 2.81. The zero-order valence-electron chi connectivity index (χ0n) is 37.5. The van der Waals surface area contributed by atoms with Crippen molar-refractivity contribution in [1.29, 1.82) is 0 Å². The standard InChI is InChI=1S/C14H18BFO3.C9H9BrFNO2.C8H6BrFO.C6H4BrF.C4H8O.C2H7NO.CO2.ClH/c1-9(17)11-7-6-10(8-12(11)16)15-18-13(2,3)14(4,5)19-15;1-12(14-2)9(13)7-4-3-6(10)5-8(7)11;1-5(11)7-3-2-6(9)4-8(7)10;7-5-2-1-3-6(8)4-5;1-2-4-5-3-1;1-3-4-2;2-1-3;/h6-8H,1-5H3;3-5H,1-2H3;2-4H,1H3;1-4H;1-4H2;3H,1-2H3;;1H. The highest BCUT2D eigenvalue weighted by atomic mass is 79.9. The van der Waals surface area contributed by atoms with Gasteiger partial charge in [0, 0.05) is 40.7 Å². The van der Waals surface area contributed by atoms with Gasteiger partial charge in [0.05, 0.1) is 42.1 Å². The van der Waals surface area contributed by atoms with Crippen LogP contribution in [0.1, 0.15) is 85.5 Å². The van der Waals surface area contributed by atoms with Crippen LogP contribution in [0, 0.1) is 23.3 Å². The number of ketones is 2. The van der Waals surface area contributed by atoms with E-state index in [9.17, 15) is 31.9 Å². The van der Waals surface area contributed by atoms with E-state index < -0.39 is 41.7 Å². The highest BCUT2D eigenvalue weighted by Crippen LogP contribution is 2.36. The van der Waals surface area contributed by atoms with Crippen molar-refractivity contribution in [2.45, 2.75) is 65.6 Å². The number of ether oxygens (including phenoxy) is 1. The fourth-order valence-corrected chi connectivity index (χ4v) is 5.64. The zero-order chi connectivity index (χ0) is 49.2. The topological polar surface area (TPSA) is 147 Å². The van der Waals surface area contributed by atoms with Crippen molar-refractivity contribution < 1.29 is 65.3 Å². The molecule has 0 bridgehead atoms. The minimum absolute atomic E-state index is 0. The van der Waals surface area contributed by atoms with Crippen molar-refractivity contribution in [1.82, 2.24) is 10.5 Å². The minimum atomic E-state index is -0.611. The molecule has 1 amide bonds. The Kier molecular flexibility index (Phi) is 32.1. The first kappa shape index (κ1) is 63.4. The van der Waals surface area contributed by atoms with Crippen molar-refractivity contribution >= 4 is 96.4 Å². The number of carbonyl (C=O) groups is 3. The third-order valence-electron chi connectivity index (χ3n) is 8.75. The minimum Gasteiger partial charge on any atom is -0.399 e. The van der Waals surface area contributed by atoms with Crippen molar-refractivity contribution in [2.75, 3.05) is 41.5 Å². The molecule has 0 aliphatic carbocycles. The monoisotopic (exact) mass is 1130 g/mol. The maximum Gasteiger partial charge on any atom is 0.494 e. The van der Waals surface area contributed by atoms with E-state index in [-0.39, 0.29) is 52.6 Å². The number of nitrogens with one attached hydrogen (secondary N) is 1. The van der Waals surface area contributed by atoms with Crippen LogP contribution in [0.5, 0.6) is 0 Å². The van der Waals surface area contributed by atoms with Crippen LogP contribution in [-0.2, 0) is 33.3 Å². The summed E-state index contributed by atoms with van der Waals surface area (Å²) in [6.45, 7) is 12.4. The highest BCUT2D eigenvalue weighted by molar-refractivity contribution is 9.11. The van der Waals surface area contributed by atoms with E-state index in [0.29, 0.717) is 14.4 Å². The van der Waals surface area contributed by atoms with Gasteiger partial charge in [0.2, 0.25) is 0 Å². The summed E-state index contributed by atoms with van der Waals surface area (Å²) in [7, 11) is 5.43. The predicted molar refractivity (Wildman–Crippen MR) is 252 cm³/mol. The number of benzene rings is 4. The van der Waals surface area contributed by atoms with Gasteiger partial charge < -0.3 is 18.9 Å². The first-order valence-electron chi connectivity index (χ1n) is 19.0. The van der Waals surface area contributed by atoms with Gasteiger partial charge in [0.25, 0.3) is 5.91 Å². The summed E-state index contributed by atoms with van der Waals surface area (Å²) in [6, 6.07) is 19.3. The number of nitrogens with zero attached hydrogens (tertiary/aromatic N) is 1. The van der Waals surface area contributed by atoms with Crippen LogP contribution < -0.4 is 10.9 Å². The van der Waals surface area contributed by atoms with E-state index in [0.717, 1.165) is 22.7 Å². The molecule has 21 heteroatoms. The maximum absolute atomic E-state index is 13.8. The second-order valence-corrected chi connectivity index (χ2v) is 16.7. The SMILES string of the molecule is C1CCOC1.CC(=O)c1ccc(B2OC(C)(C)C(C)(C)O2)cc1F.CC(=O)c1ccc(Br)cc1F.CNOC.CON(C)C(=O)c1ccc(Br)cc1F.Cl.Fc1cccc(Br)c1.O=C=O. The lowest BCUT2D eigenvalue weighted by molar-refractivity contribution is -0.191. The van der Waals surface area contributed by atoms with Gasteiger partial charge in [-0.05, 0) is 127 Å². The molecule has 1 N–H and O–H groups in total. The average Bonchev–Trinajstić information content (AvgIpc) is 3.88. The number of hydrogen-bond donors (Lipinski definition) is 1. The second-order valence-electron chi connectivity index (χ2n) is 13.9. The van der Waals surface area contributed by atoms with E-state index in [2.05, 4.69) is 62.9 Å². The molecular weight excluding hydrogens is 1080 g/mol. The number of hydrogen-bond acceptors (Lipinski definition) is 11. The number of carbonyl (C=O) groups excluding carboxylic acids is 5. The molecule has 0 aromatic heterocycles. The van der Waals surface area contributed by atoms with Crippen LogP contribution in [0.25, 0.3) is 0 Å². The molecule has 2 aliphatic rings. The van der Waals surface area contributed by atoms with Gasteiger partial charge in [-0.3, -0.25) is 19.2 Å². The molecule has 4 aromatic rings. The lowest BCUT2D eigenvalue weighted by atomic mass is 9.78. The van der Waals surface area contributed by atoms with Gasteiger partial charge in [0.15, 0.2) is 11.6 Å². The summed E-state index contributed by atoms with van der Waals surface area (Å²) in [5.41, 5.74) is 2.29. The number of rotatable bonds is 6. The third-order valence-corrected chi connectivity index (χ3v) is 10.2. The Morgan fingerprint density at radius 1 is 0.708 bits per heavy atom. The predicted octanol–water partition coefficient (Wildman–Crippen LogP) is 10.3. The quantitative estimate of drug-likeness (QED) is 0.0852. The molecular formula is C44H53BBr3ClF4N2O10. The van der Waals surface area contributed by atoms with Crippen molar-refractivity contribution in [3.8, 4) is 0 Å². The smallest absolute Gasteiger partial charge is 0.399 e. The van der Waals surface area contributed by atoms with Gasteiger partial charge in [0.1, 0.15) is 23.3 Å². The van der Waals surface area contributed by atoms with Gasteiger partial charge in [-0.15, -0.1) is 12.4 Å². The molecule has 4 aromatic carbocycles. The first-order valence-corrected chi connectivity index (χ1v) is 21.4. The Balaban J connectivity index is 0. The molecule has 2 saturated heterocycles. The van der Waals surface area contributed by atoms with Crippen LogP contribution in [0.4, 0.5) is 17.6 Å². The van der Waals surface area contributed by atoms with E-state index in [1.54, 1.807) is 44.5 Å². The van der Waals surface area contributed by atoms with E-state index >= 15 is 0 Å². The van der Waals surface area contributed by atoms with Crippen LogP contribution in [0.15, 0.2) is 92.3 Å². The molecule has 0 atom stereocenters. The average molecular weight is 1130 g/mol. The Labute approximate surface area is 409 Å². The van der Waals surface area contributed by atoms with Crippen LogP contribution in [0.3, 0.4) is 0 Å². The number of halogens is 8. The molecule has 6 rings (SSSR count). The lowest BCUT2D eigenvalue weighted by Crippen LogP contribution is -2.41. The normalized spacial score (nSPS) is 13.4. The van der Waals surface area contributed by atoms with E-state index in [1.807, 2.05) is 27.7 Å². The Morgan fingerprint density at radius 3 is 1.42 bits per heavy atom. The number of Topliss-reactive ketones (excluding diaryl/α,β-unsaturated/α-hetero) is 2. The van der Waals surface area contributed by atoms with Gasteiger partial charge in [-0.1, -0.05) is 59.9 Å². The Bertz CT molecular complexity index is 2090. The summed E-state index contributed by atoms with van der Waals surface area (Å²) < 4.78 is 70.7. The molecule has 12 nitrogen and oxygen atoms in total. The largest absolute Gasteiger partial charge is 0.494 e. The van der Waals surface area contributed by atoms with Crippen LogP contribution in [-0.4, -0.2) is 88.5 Å². The number of amides is 1. The van der Waals surface area contributed by atoms with Crippen LogP contribution in [0.2, 0.25) is 0 Å². The molecule has 0 radical (unpaired) electrons. The highest BCUT2D eigenvalue weighted by Gasteiger charge is 2.51. The summed E-state index contributed by atoms with van der Waals surface area (Å²) in [4.78, 5) is 58.6. The summed E-state index contributed by atoms with van der Waals surface area (Å²) >= 11 is 9.32. The van der Waals surface area contributed by atoms with Gasteiger partial charge in [-0.25, -0.2) is 28.1 Å². The molecule has 2 fully saturated rings. The molecule has 358 valence electrons. The fourth-order valence-electron chi connectivity index (χ4n) is 4.60. The summed E-state index contributed by atoms with van der Waals surface area (Å²) in [5, 5.41) is 0.965. The maximum atomic E-state index is 13.8. The molecule has 2 aliphatic heterocycles. The molecule has 0 spiro atoms. The van der Waals surface area contributed by atoms with E-state index in [4.69, 9.17) is 23.6 Å². The van der Waals surface area contributed by atoms with Crippen molar-refractivity contribution in [2.24, 2.45) is 0 Å². The van der Waals surface area contributed by atoms with Gasteiger partial charge in [-0.2, -0.15) is 9.59 Å². The molecule has 2 heterocycles. The first-order chi connectivity index (χ1) is 29.9. The number of hydroxylamine groups is 3. The Morgan fingerprint density at radius 2 is 1.11 bits per heavy atom. The van der Waals surface area contributed by atoms with Crippen molar-refractivity contribution in [3.63, 3.8) is 0 Å². The molecule has 65 heavy (non-hydrogen) atoms. The van der Waals surface area contributed by atoms with Crippen LogP contribution >= 0.6 is 60.2 Å². The molecule has 0 unspecified atom stereocenters. The van der Waals surface area contributed by atoms with Crippen molar-refractivity contribution in [3.05, 3.63) is 132 Å².